The topological polar surface area (TPSA) is 41.6 Å². The van der Waals surface area contributed by atoms with E-state index in [0.717, 1.165) is 5.06 Å². The first-order valence-corrected chi connectivity index (χ1v) is 4.35. The molecule has 1 aromatic carbocycles. The Labute approximate surface area is 87.4 Å². The van der Waals surface area contributed by atoms with Gasteiger partial charge in [0.2, 0.25) is 0 Å². The van der Waals surface area contributed by atoms with Gasteiger partial charge in [0.05, 0.1) is 7.11 Å². The molecule has 2 amide bonds. The van der Waals surface area contributed by atoms with Crippen LogP contribution in [0.4, 0.5) is 10.5 Å². The highest BCUT2D eigenvalue weighted by molar-refractivity contribution is 6.30. The van der Waals surface area contributed by atoms with Crippen molar-refractivity contribution in [3.63, 3.8) is 0 Å². The van der Waals surface area contributed by atoms with Gasteiger partial charge in [-0.1, -0.05) is 11.6 Å². The Morgan fingerprint density at radius 1 is 1.43 bits per heavy atom. The fourth-order valence-electron chi connectivity index (χ4n) is 0.818. The van der Waals surface area contributed by atoms with Crippen molar-refractivity contribution < 1.29 is 9.63 Å². The molecule has 76 valence electrons. The summed E-state index contributed by atoms with van der Waals surface area (Å²) in [6, 6.07) is 6.48. The van der Waals surface area contributed by atoms with E-state index in [9.17, 15) is 4.79 Å². The molecule has 0 saturated heterocycles. The molecule has 0 aliphatic carbocycles. The highest BCUT2D eigenvalue weighted by atomic mass is 35.5. The monoisotopic (exact) mass is 214 g/mol. The molecule has 0 aliphatic rings. The zero-order chi connectivity index (χ0) is 10.6. The number of nitrogens with zero attached hydrogens (tertiary/aromatic N) is 1. The van der Waals surface area contributed by atoms with Gasteiger partial charge in [-0.2, -0.15) is 0 Å². The Hall–Kier alpha value is -1.26. The van der Waals surface area contributed by atoms with Gasteiger partial charge in [0, 0.05) is 17.8 Å². The van der Waals surface area contributed by atoms with Crippen LogP contribution in [0.2, 0.25) is 5.02 Å². The second kappa shape index (κ2) is 4.83. The maximum absolute atomic E-state index is 11.3. The smallest absolute Gasteiger partial charge is 0.306 e. The van der Waals surface area contributed by atoms with Gasteiger partial charge in [-0.15, -0.1) is 0 Å². The molecular formula is C9H11ClN2O2. The van der Waals surface area contributed by atoms with Crippen molar-refractivity contribution >= 4 is 23.3 Å². The number of benzene rings is 1. The molecule has 0 saturated carbocycles. The molecule has 14 heavy (non-hydrogen) atoms. The molecule has 4 nitrogen and oxygen atoms in total. The largest absolute Gasteiger partial charge is 0.345 e. The summed E-state index contributed by atoms with van der Waals surface area (Å²) in [4.78, 5) is 16.0. The van der Waals surface area contributed by atoms with Crippen molar-refractivity contribution in [1.29, 1.82) is 0 Å². The molecule has 0 spiro atoms. The first-order chi connectivity index (χ1) is 6.63. The lowest BCUT2D eigenvalue weighted by Gasteiger charge is -2.14. The van der Waals surface area contributed by atoms with Gasteiger partial charge in [-0.3, -0.25) is 4.84 Å². The predicted octanol–water partition coefficient (Wildman–Crippen LogP) is 2.37. The number of amides is 2. The summed E-state index contributed by atoms with van der Waals surface area (Å²) in [5, 5.41) is 4.34. The zero-order valence-electron chi connectivity index (χ0n) is 7.95. The molecule has 0 unspecified atom stereocenters. The van der Waals surface area contributed by atoms with Crippen LogP contribution in [0, 0.1) is 0 Å². The summed E-state index contributed by atoms with van der Waals surface area (Å²) < 4.78 is 0. The molecule has 0 aliphatic heterocycles. The third-order valence-corrected chi connectivity index (χ3v) is 1.91. The summed E-state index contributed by atoms with van der Waals surface area (Å²) in [7, 11) is 2.94. The Morgan fingerprint density at radius 3 is 2.50 bits per heavy atom. The van der Waals surface area contributed by atoms with Crippen LogP contribution in [0.3, 0.4) is 0 Å². The number of halogens is 1. The van der Waals surface area contributed by atoms with E-state index < -0.39 is 0 Å². The fourth-order valence-corrected chi connectivity index (χ4v) is 0.944. The normalized spacial score (nSPS) is 9.64. The average molecular weight is 215 g/mol. The summed E-state index contributed by atoms with van der Waals surface area (Å²) in [6.45, 7) is 0. The van der Waals surface area contributed by atoms with Crippen LogP contribution in [0.5, 0.6) is 0 Å². The maximum Gasteiger partial charge on any atom is 0.345 e. The van der Waals surface area contributed by atoms with Crippen LogP contribution in [0.1, 0.15) is 0 Å². The second-order valence-corrected chi connectivity index (χ2v) is 3.05. The van der Waals surface area contributed by atoms with Gasteiger partial charge >= 0.3 is 6.03 Å². The molecule has 0 aromatic heterocycles. The summed E-state index contributed by atoms with van der Waals surface area (Å²) >= 11 is 5.69. The van der Waals surface area contributed by atoms with Crippen LogP contribution in [-0.2, 0) is 4.84 Å². The number of urea groups is 1. The standard InChI is InChI=1S/C9H11ClN2O2/c1-12(14-2)9(13)11-8-5-3-7(10)4-6-8/h3-6H,1-2H3,(H,11,13). The van der Waals surface area contributed by atoms with E-state index in [1.165, 1.54) is 14.2 Å². The van der Waals surface area contributed by atoms with Crippen molar-refractivity contribution in [2.45, 2.75) is 0 Å². The molecule has 5 heteroatoms. The number of carbonyl (C=O) groups is 1. The lowest BCUT2D eigenvalue weighted by atomic mass is 10.3. The van der Waals surface area contributed by atoms with Crippen molar-refractivity contribution in [3.05, 3.63) is 29.3 Å². The number of hydrogen-bond donors (Lipinski definition) is 1. The summed E-state index contributed by atoms with van der Waals surface area (Å²) in [5.74, 6) is 0. The van der Waals surface area contributed by atoms with Crippen LogP contribution < -0.4 is 5.32 Å². The Bertz CT molecular complexity index is 313. The van der Waals surface area contributed by atoms with E-state index in [0.29, 0.717) is 10.7 Å². The van der Waals surface area contributed by atoms with E-state index in [4.69, 9.17) is 16.4 Å². The van der Waals surface area contributed by atoms with E-state index >= 15 is 0 Å². The van der Waals surface area contributed by atoms with Crippen molar-refractivity contribution in [2.24, 2.45) is 0 Å². The second-order valence-electron chi connectivity index (χ2n) is 2.62. The molecule has 1 aromatic rings. The van der Waals surface area contributed by atoms with Crippen LogP contribution in [0.25, 0.3) is 0 Å². The lowest BCUT2D eigenvalue weighted by molar-refractivity contribution is -0.0598. The minimum atomic E-state index is -0.338. The first kappa shape index (κ1) is 10.8. The SMILES string of the molecule is CON(C)C(=O)Nc1ccc(Cl)cc1. The molecule has 0 bridgehead atoms. The molecule has 0 fully saturated rings. The Balaban J connectivity index is 2.60. The Kier molecular flexibility index (Phi) is 3.73. The number of carbonyl (C=O) groups excluding carboxylic acids is 1. The maximum atomic E-state index is 11.3. The molecule has 0 heterocycles. The quantitative estimate of drug-likeness (QED) is 0.768. The van der Waals surface area contributed by atoms with Crippen molar-refractivity contribution in [2.75, 3.05) is 19.5 Å². The van der Waals surface area contributed by atoms with E-state index in [1.807, 2.05) is 0 Å². The van der Waals surface area contributed by atoms with Crippen LogP contribution in [0.15, 0.2) is 24.3 Å². The van der Waals surface area contributed by atoms with Gasteiger partial charge in [0.15, 0.2) is 0 Å². The fraction of sp³-hybridized carbons (Fsp3) is 0.222. The highest BCUT2D eigenvalue weighted by Crippen LogP contribution is 2.13. The van der Waals surface area contributed by atoms with Gasteiger partial charge in [-0.05, 0) is 24.3 Å². The predicted molar refractivity (Wildman–Crippen MR) is 55.2 cm³/mol. The first-order valence-electron chi connectivity index (χ1n) is 3.98. The van der Waals surface area contributed by atoms with E-state index in [1.54, 1.807) is 24.3 Å². The van der Waals surface area contributed by atoms with Crippen molar-refractivity contribution in [1.82, 2.24) is 5.06 Å². The minimum Gasteiger partial charge on any atom is -0.306 e. The lowest BCUT2D eigenvalue weighted by Crippen LogP contribution is -2.30. The van der Waals surface area contributed by atoms with Gasteiger partial charge < -0.3 is 5.32 Å². The number of hydrogen-bond acceptors (Lipinski definition) is 2. The zero-order valence-corrected chi connectivity index (χ0v) is 8.71. The molecule has 0 atom stereocenters. The van der Waals surface area contributed by atoms with Crippen molar-refractivity contribution in [3.8, 4) is 0 Å². The summed E-state index contributed by atoms with van der Waals surface area (Å²) in [6.07, 6.45) is 0. The van der Waals surface area contributed by atoms with Gasteiger partial charge in [0.25, 0.3) is 0 Å². The third-order valence-electron chi connectivity index (χ3n) is 1.66. The molecule has 0 radical (unpaired) electrons. The number of hydroxylamine groups is 2. The highest BCUT2D eigenvalue weighted by Gasteiger charge is 2.06. The third kappa shape index (κ3) is 2.90. The van der Waals surface area contributed by atoms with Crippen LogP contribution >= 0.6 is 11.6 Å². The van der Waals surface area contributed by atoms with Crippen LogP contribution in [-0.4, -0.2) is 25.3 Å². The number of anilines is 1. The average Bonchev–Trinajstić information content (AvgIpc) is 2.20. The minimum absolute atomic E-state index is 0.338. The molecule has 1 rings (SSSR count). The van der Waals surface area contributed by atoms with Gasteiger partial charge in [0.1, 0.15) is 0 Å². The van der Waals surface area contributed by atoms with E-state index in [-0.39, 0.29) is 6.03 Å². The number of nitrogens with one attached hydrogen (secondary N) is 1. The molecular weight excluding hydrogens is 204 g/mol. The number of rotatable bonds is 2. The van der Waals surface area contributed by atoms with Gasteiger partial charge in [-0.25, -0.2) is 9.86 Å². The Morgan fingerprint density at radius 2 is 2.00 bits per heavy atom. The molecule has 1 N–H and O–H groups in total. The summed E-state index contributed by atoms with van der Waals surface area (Å²) in [5.41, 5.74) is 0.670. The van der Waals surface area contributed by atoms with E-state index in [2.05, 4.69) is 5.32 Å².